The summed E-state index contributed by atoms with van der Waals surface area (Å²) >= 11 is 13.2. The first-order valence-electron chi connectivity index (χ1n) is 9.48. The number of imidazole rings is 1. The monoisotopic (exact) mass is 498 g/mol. The first kappa shape index (κ1) is 21.3. The minimum Gasteiger partial charge on any atom is -0.450 e. The number of carbonyl (C=O) groups excluding carboxylic acids is 3. The van der Waals surface area contributed by atoms with Crippen LogP contribution in [0.2, 0.25) is 10.0 Å². The Morgan fingerprint density at radius 1 is 1.00 bits per heavy atom. The molecule has 0 unspecified atom stereocenters. The van der Waals surface area contributed by atoms with Gasteiger partial charge in [0.25, 0.3) is 11.8 Å². The highest BCUT2D eigenvalue weighted by atomic mass is 35.5. The van der Waals surface area contributed by atoms with E-state index in [0.717, 1.165) is 15.9 Å². The van der Waals surface area contributed by atoms with E-state index >= 15 is 0 Å². The van der Waals surface area contributed by atoms with Crippen LogP contribution in [-0.4, -0.2) is 27.8 Å². The zero-order chi connectivity index (χ0) is 23.1. The first-order chi connectivity index (χ1) is 15.9. The van der Waals surface area contributed by atoms with Crippen molar-refractivity contribution in [3.8, 4) is 0 Å². The largest absolute Gasteiger partial charge is 0.450 e. The Kier molecular flexibility index (Phi) is 5.45. The van der Waals surface area contributed by atoms with Crippen molar-refractivity contribution in [2.45, 2.75) is 10.2 Å². The second kappa shape index (κ2) is 8.43. The standard InChI is InChI=1S/C22H12Cl2N4O4S/c23-14-7-5-11(9-15(14)24)28-20(30)13(19(29)27-22(28)31)10-12-6-8-18(32-12)33-21-25-16-3-1-2-4-17(16)26-21/h1-10H,(H,25,26)(H,27,29,31)/b13-10+. The molecule has 0 spiro atoms. The van der Waals surface area contributed by atoms with Crippen LogP contribution in [0.25, 0.3) is 17.1 Å². The number of aromatic amines is 1. The van der Waals surface area contributed by atoms with E-state index in [0.29, 0.717) is 10.2 Å². The summed E-state index contributed by atoms with van der Waals surface area (Å²) in [5, 5.41) is 3.71. The Bertz CT molecular complexity index is 1440. The van der Waals surface area contributed by atoms with Gasteiger partial charge in [0.1, 0.15) is 11.3 Å². The number of carbonyl (C=O) groups is 3. The lowest BCUT2D eigenvalue weighted by molar-refractivity contribution is -0.122. The number of H-pyrrole nitrogens is 1. The SMILES string of the molecule is O=C1NC(=O)N(c2ccc(Cl)c(Cl)c2)C(=O)/C1=C/c1ccc(Sc2nc3ccccc3[nH]2)o1. The van der Waals surface area contributed by atoms with Gasteiger partial charge in [0.2, 0.25) is 0 Å². The van der Waals surface area contributed by atoms with Gasteiger partial charge in [-0.05, 0) is 60.3 Å². The number of furan rings is 1. The molecule has 0 radical (unpaired) electrons. The number of para-hydroxylation sites is 2. The molecule has 0 bridgehead atoms. The van der Waals surface area contributed by atoms with E-state index in [1.165, 1.54) is 36.0 Å². The lowest BCUT2D eigenvalue weighted by atomic mass is 10.1. The Labute approximate surface area is 200 Å². The number of rotatable bonds is 4. The zero-order valence-electron chi connectivity index (χ0n) is 16.5. The molecule has 0 saturated carbocycles. The predicted molar refractivity (Wildman–Crippen MR) is 124 cm³/mol. The third-order valence-electron chi connectivity index (χ3n) is 4.72. The van der Waals surface area contributed by atoms with Crippen LogP contribution in [0.5, 0.6) is 0 Å². The molecule has 2 N–H and O–H groups in total. The number of halogens is 2. The normalized spacial score (nSPS) is 15.5. The minimum atomic E-state index is -0.888. The summed E-state index contributed by atoms with van der Waals surface area (Å²) in [6, 6.07) is 14.3. The molecule has 1 saturated heterocycles. The van der Waals surface area contributed by atoms with Crippen LogP contribution < -0.4 is 10.2 Å². The summed E-state index contributed by atoms with van der Waals surface area (Å²) in [5.41, 5.74) is 1.62. The van der Waals surface area contributed by atoms with E-state index in [4.69, 9.17) is 27.6 Å². The quantitative estimate of drug-likeness (QED) is 0.292. The Morgan fingerprint density at radius 2 is 1.82 bits per heavy atom. The molecule has 4 aromatic rings. The van der Waals surface area contributed by atoms with Gasteiger partial charge in [0.05, 0.1) is 26.8 Å². The van der Waals surface area contributed by atoms with Crippen LogP contribution in [0.1, 0.15) is 5.76 Å². The van der Waals surface area contributed by atoms with Gasteiger partial charge in [-0.2, -0.15) is 0 Å². The van der Waals surface area contributed by atoms with Crippen LogP contribution >= 0.6 is 35.0 Å². The van der Waals surface area contributed by atoms with E-state index in [-0.39, 0.29) is 27.1 Å². The number of hydrogen-bond donors (Lipinski definition) is 2. The molecule has 1 aliphatic rings. The summed E-state index contributed by atoms with van der Waals surface area (Å²) in [6.07, 6.45) is 1.28. The molecule has 5 rings (SSSR count). The zero-order valence-corrected chi connectivity index (χ0v) is 18.8. The fourth-order valence-electron chi connectivity index (χ4n) is 3.20. The van der Waals surface area contributed by atoms with Crippen molar-refractivity contribution in [2.24, 2.45) is 0 Å². The summed E-state index contributed by atoms with van der Waals surface area (Å²) in [7, 11) is 0. The van der Waals surface area contributed by atoms with Gasteiger partial charge in [-0.3, -0.25) is 14.9 Å². The molecule has 2 aromatic heterocycles. The van der Waals surface area contributed by atoms with Gasteiger partial charge in [-0.15, -0.1) is 0 Å². The third-order valence-corrected chi connectivity index (χ3v) is 6.26. The number of amides is 4. The van der Waals surface area contributed by atoms with Crippen molar-refractivity contribution < 1.29 is 18.8 Å². The average molecular weight is 499 g/mol. The number of nitrogens with one attached hydrogen (secondary N) is 2. The topological polar surface area (TPSA) is 108 Å². The summed E-state index contributed by atoms with van der Waals surface area (Å²) < 4.78 is 5.74. The van der Waals surface area contributed by atoms with E-state index in [1.807, 2.05) is 24.3 Å². The van der Waals surface area contributed by atoms with Crippen molar-refractivity contribution >= 4 is 75.6 Å². The first-order valence-corrected chi connectivity index (χ1v) is 11.1. The van der Waals surface area contributed by atoms with Crippen LogP contribution in [0.15, 0.2) is 74.8 Å². The van der Waals surface area contributed by atoms with E-state index in [2.05, 4.69) is 15.3 Å². The number of barbiturate groups is 1. The van der Waals surface area contributed by atoms with Crippen molar-refractivity contribution in [2.75, 3.05) is 4.90 Å². The van der Waals surface area contributed by atoms with Crippen molar-refractivity contribution in [3.05, 3.63) is 76.0 Å². The fraction of sp³-hybridized carbons (Fsp3) is 0. The van der Waals surface area contributed by atoms with Gasteiger partial charge >= 0.3 is 6.03 Å². The molecule has 4 amide bonds. The number of hydrogen-bond acceptors (Lipinski definition) is 6. The van der Waals surface area contributed by atoms with E-state index < -0.39 is 17.8 Å². The number of imide groups is 2. The number of urea groups is 1. The predicted octanol–water partition coefficient (Wildman–Crippen LogP) is 5.28. The van der Waals surface area contributed by atoms with Gasteiger partial charge < -0.3 is 9.40 Å². The summed E-state index contributed by atoms with van der Waals surface area (Å²) in [4.78, 5) is 46.1. The maximum atomic E-state index is 13.0. The number of nitrogens with zero attached hydrogens (tertiary/aromatic N) is 2. The van der Waals surface area contributed by atoms with Crippen molar-refractivity contribution in [1.29, 1.82) is 0 Å². The second-order valence-electron chi connectivity index (χ2n) is 6.87. The Morgan fingerprint density at radius 3 is 2.61 bits per heavy atom. The molecule has 8 nitrogen and oxygen atoms in total. The second-order valence-corrected chi connectivity index (χ2v) is 8.68. The molecule has 11 heteroatoms. The van der Waals surface area contributed by atoms with Crippen LogP contribution in [0.4, 0.5) is 10.5 Å². The van der Waals surface area contributed by atoms with Crippen LogP contribution in [0, 0.1) is 0 Å². The maximum Gasteiger partial charge on any atom is 0.335 e. The van der Waals surface area contributed by atoms with Gasteiger partial charge in [0, 0.05) is 0 Å². The molecular formula is C22H12Cl2N4O4S. The number of fused-ring (bicyclic) bond motifs is 1. The number of anilines is 1. The lowest BCUT2D eigenvalue weighted by Crippen LogP contribution is -2.54. The third kappa shape index (κ3) is 4.13. The van der Waals surface area contributed by atoms with E-state index in [9.17, 15) is 14.4 Å². The Hall–Kier alpha value is -3.53. The van der Waals surface area contributed by atoms with Crippen molar-refractivity contribution in [3.63, 3.8) is 0 Å². The highest BCUT2D eigenvalue weighted by Gasteiger charge is 2.37. The smallest absolute Gasteiger partial charge is 0.335 e. The summed E-state index contributed by atoms with van der Waals surface area (Å²) in [5.74, 6) is -1.38. The maximum absolute atomic E-state index is 13.0. The van der Waals surface area contributed by atoms with Crippen LogP contribution in [0.3, 0.4) is 0 Å². The number of benzene rings is 2. The molecular weight excluding hydrogens is 487 g/mol. The minimum absolute atomic E-state index is 0.162. The summed E-state index contributed by atoms with van der Waals surface area (Å²) in [6.45, 7) is 0. The fourth-order valence-corrected chi connectivity index (χ4v) is 4.26. The molecule has 164 valence electrons. The van der Waals surface area contributed by atoms with Crippen LogP contribution in [-0.2, 0) is 9.59 Å². The highest BCUT2D eigenvalue weighted by Crippen LogP contribution is 2.31. The molecule has 1 aliphatic heterocycles. The highest BCUT2D eigenvalue weighted by molar-refractivity contribution is 7.99. The molecule has 0 aliphatic carbocycles. The van der Waals surface area contributed by atoms with Gasteiger partial charge in [-0.25, -0.2) is 14.7 Å². The molecule has 0 atom stereocenters. The van der Waals surface area contributed by atoms with Crippen molar-refractivity contribution in [1.82, 2.24) is 15.3 Å². The molecule has 1 fully saturated rings. The molecule has 3 heterocycles. The van der Waals surface area contributed by atoms with Gasteiger partial charge in [0.15, 0.2) is 10.2 Å². The average Bonchev–Trinajstić information content (AvgIpc) is 3.39. The molecule has 2 aromatic carbocycles. The number of aromatic nitrogens is 2. The molecule has 33 heavy (non-hydrogen) atoms. The van der Waals surface area contributed by atoms with Gasteiger partial charge in [-0.1, -0.05) is 35.3 Å². The lowest BCUT2D eigenvalue weighted by Gasteiger charge is -2.26. The Balaban J connectivity index is 1.41. The van der Waals surface area contributed by atoms with E-state index in [1.54, 1.807) is 12.1 Å².